The first-order valence-electron chi connectivity index (χ1n) is 7.74. The summed E-state index contributed by atoms with van der Waals surface area (Å²) in [7, 11) is 0. The van der Waals surface area contributed by atoms with Crippen LogP contribution < -0.4 is 0 Å². The average Bonchev–Trinajstić information content (AvgIpc) is 2.59. The van der Waals surface area contributed by atoms with Gasteiger partial charge >= 0.3 is 6.09 Å². The van der Waals surface area contributed by atoms with E-state index in [-0.39, 0.29) is 17.9 Å². The van der Waals surface area contributed by atoms with Crippen molar-refractivity contribution in [2.24, 2.45) is 5.92 Å². The van der Waals surface area contributed by atoms with E-state index < -0.39 is 0 Å². The summed E-state index contributed by atoms with van der Waals surface area (Å²) < 4.78 is 5.21. The quantitative estimate of drug-likeness (QED) is 0.790. The number of hydrogen-bond acceptors (Lipinski definition) is 4. The van der Waals surface area contributed by atoms with Gasteiger partial charge in [0.15, 0.2) is 0 Å². The van der Waals surface area contributed by atoms with Crippen LogP contribution in [-0.2, 0) is 10.6 Å². The number of halogens is 1. The summed E-state index contributed by atoms with van der Waals surface area (Å²) in [4.78, 5) is 31.9. The van der Waals surface area contributed by atoms with Crippen molar-refractivity contribution in [3.63, 3.8) is 0 Å². The average molecular weight is 340 g/mol. The van der Waals surface area contributed by atoms with Gasteiger partial charge in [-0.15, -0.1) is 11.6 Å². The number of carbonyl (C=O) groups excluding carboxylic acids is 2. The highest BCUT2D eigenvalue weighted by Crippen LogP contribution is 2.10. The Kier molecular flexibility index (Phi) is 6.21. The van der Waals surface area contributed by atoms with Crippen molar-refractivity contribution in [2.75, 3.05) is 32.8 Å². The SMILES string of the molecule is CC(C)COC(=O)N1CCN(C(=O)c2cccc(CCl)n2)CC1. The summed E-state index contributed by atoms with van der Waals surface area (Å²) in [6.45, 7) is 6.28. The van der Waals surface area contributed by atoms with Crippen molar-refractivity contribution in [1.82, 2.24) is 14.8 Å². The molecule has 2 amide bonds. The molecule has 1 aromatic rings. The minimum Gasteiger partial charge on any atom is -0.449 e. The molecule has 0 bridgehead atoms. The van der Waals surface area contributed by atoms with E-state index in [4.69, 9.17) is 16.3 Å². The lowest BCUT2D eigenvalue weighted by Crippen LogP contribution is -2.51. The molecule has 0 radical (unpaired) electrons. The van der Waals surface area contributed by atoms with E-state index in [0.29, 0.717) is 50.1 Å². The van der Waals surface area contributed by atoms with E-state index >= 15 is 0 Å². The van der Waals surface area contributed by atoms with Crippen LogP contribution in [-0.4, -0.2) is 59.6 Å². The van der Waals surface area contributed by atoms with Crippen LogP contribution in [0.1, 0.15) is 30.0 Å². The predicted molar refractivity (Wildman–Crippen MR) is 87.5 cm³/mol. The fraction of sp³-hybridized carbons (Fsp3) is 0.562. The summed E-state index contributed by atoms with van der Waals surface area (Å²) in [5.74, 6) is 0.450. The Morgan fingerprint density at radius 1 is 1.22 bits per heavy atom. The van der Waals surface area contributed by atoms with Crippen LogP contribution >= 0.6 is 11.6 Å². The van der Waals surface area contributed by atoms with Crippen LogP contribution in [0.25, 0.3) is 0 Å². The maximum Gasteiger partial charge on any atom is 0.409 e. The van der Waals surface area contributed by atoms with Crippen LogP contribution in [0.4, 0.5) is 4.79 Å². The molecular formula is C16H22ClN3O3. The number of ether oxygens (including phenoxy) is 1. The first kappa shape index (κ1) is 17.5. The largest absolute Gasteiger partial charge is 0.449 e. The van der Waals surface area contributed by atoms with Gasteiger partial charge in [0, 0.05) is 26.2 Å². The van der Waals surface area contributed by atoms with Gasteiger partial charge in [-0.05, 0) is 18.1 Å². The molecule has 2 rings (SSSR count). The van der Waals surface area contributed by atoms with Gasteiger partial charge in [-0.25, -0.2) is 9.78 Å². The molecule has 1 aliphatic rings. The third kappa shape index (κ3) is 4.82. The molecule has 0 N–H and O–H groups in total. The molecule has 126 valence electrons. The monoisotopic (exact) mass is 339 g/mol. The maximum absolute atomic E-state index is 12.4. The second-order valence-corrected chi connectivity index (χ2v) is 6.17. The summed E-state index contributed by atoms with van der Waals surface area (Å²) in [6, 6.07) is 5.24. The summed E-state index contributed by atoms with van der Waals surface area (Å²) >= 11 is 5.75. The molecule has 0 saturated carbocycles. The number of amides is 2. The Morgan fingerprint density at radius 3 is 2.48 bits per heavy atom. The van der Waals surface area contributed by atoms with Crippen molar-refractivity contribution in [3.8, 4) is 0 Å². The molecule has 1 fully saturated rings. The van der Waals surface area contributed by atoms with Crippen LogP contribution in [0.3, 0.4) is 0 Å². The van der Waals surface area contributed by atoms with E-state index in [9.17, 15) is 9.59 Å². The van der Waals surface area contributed by atoms with Gasteiger partial charge in [0.2, 0.25) is 0 Å². The summed E-state index contributed by atoms with van der Waals surface area (Å²) in [6.07, 6.45) is -0.312. The second-order valence-electron chi connectivity index (χ2n) is 5.90. The molecule has 0 atom stereocenters. The highest BCUT2D eigenvalue weighted by atomic mass is 35.5. The van der Waals surface area contributed by atoms with Crippen molar-refractivity contribution < 1.29 is 14.3 Å². The fourth-order valence-corrected chi connectivity index (χ4v) is 2.41. The number of piperazine rings is 1. The zero-order valence-electron chi connectivity index (χ0n) is 13.5. The smallest absolute Gasteiger partial charge is 0.409 e. The topological polar surface area (TPSA) is 62.7 Å². The molecule has 2 heterocycles. The summed E-state index contributed by atoms with van der Waals surface area (Å²) in [5, 5.41) is 0. The number of hydrogen-bond donors (Lipinski definition) is 0. The minimum absolute atomic E-state index is 0.132. The highest BCUT2D eigenvalue weighted by Gasteiger charge is 2.26. The summed E-state index contributed by atoms with van der Waals surface area (Å²) in [5.41, 5.74) is 1.06. The van der Waals surface area contributed by atoms with Gasteiger partial charge in [-0.3, -0.25) is 4.79 Å². The Bertz CT molecular complexity index is 557. The van der Waals surface area contributed by atoms with Gasteiger partial charge in [0.05, 0.1) is 18.2 Å². The Hall–Kier alpha value is -1.82. The number of rotatable bonds is 4. The lowest BCUT2D eigenvalue weighted by Gasteiger charge is -2.34. The van der Waals surface area contributed by atoms with Crippen molar-refractivity contribution in [3.05, 3.63) is 29.6 Å². The van der Waals surface area contributed by atoms with E-state index in [0.717, 1.165) is 0 Å². The van der Waals surface area contributed by atoms with E-state index in [1.54, 1.807) is 28.0 Å². The molecule has 0 spiro atoms. The third-order valence-electron chi connectivity index (χ3n) is 3.53. The zero-order valence-corrected chi connectivity index (χ0v) is 14.3. The highest BCUT2D eigenvalue weighted by molar-refractivity contribution is 6.16. The lowest BCUT2D eigenvalue weighted by molar-refractivity contribution is 0.0531. The van der Waals surface area contributed by atoms with E-state index in [1.807, 2.05) is 13.8 Å². The second kappa shape index (κ2) is 8.15. The van der Waals surface area contributed by atoms with E-state index in [1.165, 1.54) is 0 Å². The predicted octanol–water partition coefficient (Wildman–Crippen LogP) is 2.37. The van der Waals surface area contributed by atoms with Crippen LogP contribution in [0.15, 0.2) is 18.2 Å². The molecule has 1 aliphatic heterocycles. The van der Waals surface area contributed by atoms with Crippen molar-refractivity contribution in [1.29, 1.82) is 0 Å². The maximum atomic E-state index is 12.4. The lowest BCUT2D eigenvalue weighted by atomic mass is 10.2. The van der Waals surface area contributed by atoms with Gasteiger partial charge in [0.25, 0.3) is 5.91 Å². The molecule has 1 saturated heterocycles. The Morgan fingerprint density at radius 2 is 1.87 bits per heavy atom. The third-order valence-corrected chi connectivity index (χ3v) is 3.80. The van der Waals surface area contributed by atoms with Gasteiger partial charge < -0.3 is 14.5 Å². The van der Waals surface area contributed by atoms with E-state index in [2.05, 4.69) is 4.98 Å². The number of carbonyl (C=O) groups is 2. The van der Waals surface area contributed by atoms with Crippen LogP contribution in [0.5, 0.6) is 0 Å². The zero-order chi connectivity index (χ0) is 16.8. The molecule has 0 unspecified atom stereocenters. The number of alkyl halides is 1. The Balaban J connectivity index is 1.88. The van der Waals surface area contributed by atoms with Gasteiger partial charge in [0.1, 0.15) is 5.69 Å². The normalized spacial score (nSPS) is 15.0. The molecule has 23 heavy (non-hydrogen) atoms. The minimum atomic E-state index is -0.312. The van der Waals surface area contributed by atoms with Crippen molar-refractivity contribution in [2.45, 2.75) is 19.7 Å². The molecule has 0 aliphatic carbocycles. The van der Waals surface area contributed by atoms with Crippen LogP contribution in [0, 0.1) is 5.92 Å². The molecule has 1 aromatic heterocycles. The molecule has 0 aromatic carbocycles. The number of pyridine rings is 1. The Labute approximate surface area is 141 Å². The van der Waals surface area contributed by atoms with Crippen LogP contribution in [0.2, 0.25) is 0 Å². The van der Waals surface area contributed by atoms with Gasteiger partial charge in [-0.2, -0.15) is 0 Å². The molecular weight excluding hydrogens is 318 g/mol. The van der Waals surface area contributed by atoms with Crippen molar-refractivity contribution >= 4 is 23.6 Å². The molecule has 7 heteroatoms. The first-order chi connectivity index (χ1) is 11.0. The van der Waals surface area contributed by atoms with Gasteiger partial charge in [-0.1, -0.05) is 19.9 Å². The standard InChI is InChI=1S/C16H22ClN3O3/c1-12(2)11-23-16(22)20-8-6-19(7-9-20)15(21)14-5-3-4-13(10-17)18-14/h3-5,12H,6-11H2,1-2H3. The number of nitrogens with zero attached hydrogens (tertiary/aromatic N) is 3. The fourth-order valence-electron chi connectivity index (χ4n) is 2.26. The molecule has 6 nitrogen and oxygen atoms in total. The first-order valence-corrected chi connectivity index (χ1v) is 8.27. The number of aromatic nitrogens is 1.